The standard InChI is InChI=1S/C25H25ClN6OS/c1-29-17-8-5-9-18(19(17)26)34-20-22(28)30-24(31(2)23(20)33)32-12-10-25(11-13-32)14-15-6-3-4-7-16(15)21(25)27/h3-9,21H,10-14,27-28H2,2H3/t21-/m1/s1. The Labute approximate surface area is 207 Å². The van der Waals surface area contributed by atoms with Crippen LogP contribution in [0.2, 0.25) is 5.02 Å². The topological polar surface area (TPSA) is 94.5 Å². The van der Waals surface area contributed by atoms with Crippen LogP contribution in [0, 0.1) is 12.0 Å². The molecule has 0 unspecified atom stereocenters. The molecule has 9 heteroatoms. The van der Waals surface area contributed by atoms with Crippen LogP contribution in [0.4, 0.5) is 17.5 Å². The largest absolute Gasteiger partial charge is 0.382 e. The first-order valence-corrected chi connectivity index (χ1v) is 12.3. The van der Waals surface area contributed by atoms with Crippen molar-refractivity contribution >= 4 is 40.8 Å². The summed E-state index contributed by atoms with van der Waals surface area (Å²) < 4.78 is 1.55. The number of rotatable bonds is 3. The van der Waals surface area contributed by atoms with E-state index >= 15 is 0 Å². The van der Waals surface area contributed by atoms with Gasteiger partial charge in [0, 0.05) is 31.1 Å². The van der Waals surface area contributed by atoms with Crippen molar-refractivity contribution < 1.29 is 0 Å². The van der Waals surface area contributed by atoms with E-state index in [2.05, 4.69) is 39.0 Å². The fourth-order valence-electron chi connectivity index (χ4n) is 5.20. The van der Waals surface area contributed by atoms with Crippen molar-refractivity contribution in [3.63, 3.8) is 0 Å². The highest BCUT2D eigenvalue weighted by Gasteiger charge is 2.46. The van der Waals surface area contributed by atoms with Gasteiger partial charge in [-0.25, -0.2) is 4.85 Å². The molecule has 7 nitrogen and oxygen atoms in total. The highest BCUT2D eigenvalue weighted by Crippen LogP contribution is 2.51. The Kier molecular flexibility index (Phi) is 5.80. The van der Waals surface area contributed by atoms with Gasteiger partial charge in [-0.3, -0.25) is 9.36 Å². The molecule has 1 atom stereocenters. The van der Waals surface area contributed by atoms with Gasteiger partial charge in [0.25, 0.3) is 5.56 Å². The minimum atomic E-state index is -0.234. The average molecular weight is 493 g/mol. The molecule has 2 aromatic carbocycles. The molecule has 0 saturated carbocycles. The molecule has 2 heterocycles. The zero-order chi connectivity index (χ0) is 24.0. The lowest BCUT2D eigenvalue weighted by Gasteiger charge is -2.42. The SMILES string of the molecule is [C-]#[N+]c1cccc(Sc2c(N)nc(N3CCC4(CC3)Cc3ccccc3[C@H]4N)n(C)c2=O)c1Cl. The second kappa shape index (κ2) is 8.66. The first kappa shape index (κ1) is 22.8. The van der Waals surface area contributed by atoms with Gasteiger partial charge < -0.3 is 16.4 Å². The molecular weight excluding hydrogens is 468 g/mol. The van der Waals surface area contributed by atoms with E-state index in [9.17, 15) is 4.79 Å². The molecule has 1 fully saturated rings. The normalized spacial score (nSPS) is 18.6. The van der Waals surface area contributed by atoms with E-state index in [1.165, 1.54) is 11.1 Å². The number of fused-ring (bicyclic) bond motifs is 1. The first-order valence-electron chi connectivity index (χ1n) is 11.1. The van der Waals surface area contributed by atoms with Crippen LogP contribution < -0.4 is 21.9 Å². The second-order valence-corrected chi connectivity index (χ2v) is 10.4. The van der Waals surface area contributed by atoms with Gasteiger partial charge >= 0.3 is 0 Å². The van der Waals surface area contributed by atoms with Crippen molar-refractivity contribution in [2.75, 3.05) is 23.7 Å². The second-order valence-electron chi connectivity index (χ2n) is 9.00. The van der Waals surface area contributed by atoms with Crippen LogP contribution in [-0.2, 0) is 13.5 Å². The van der Waals surface area contributed by atoms with Crippen LogP contribution in [0.1, 0.15) is 30.0 Å². The Morgan fingerprint density at radius 2 is 1.94 bits per heavy atom. The molecule has 0 radical (unpaired) electrons. The van der Waals surface area contributed by atoms with E-state index < -0.39 is 0 Å². The highest BCUT2D eigenvalue weighted by atomic mass is 35.5. The summed E-state index contributed by atoms with van der Waals surface area (Å²) in [5.74, 6) is 0.726. The van der Waals surface area contributed by atoms with Crippen molar-refractivity contribution in [1.29, 1.82) is 0 Å². The third-order valence-corrected chi connectivity index (χ3v) is 8.82. The van der Waals surface area contributed by atoms with Crippen molar-refractivity contribution in [3.8, 4) is 0 Å². The molecule has 1 aliphatic carbocycles. The number of aromatic nitrogens is 2. The quantitative estimate of drug-likeness (QED) is 0.520. The lowest BCUT2D eigenvalue weighted by molar-refractivity contribution is 0.186. The Balaban J connectivity index is 1.38. The Morgan fingerprint density at radius 1 is 1.21 bits per heavy atom. The minimum absolute atomic E-state index is 0.0300. The minimum Gasteiger partial charge on any atom is -0.382 e. The molecule has 1 saturated heterocycles. The Bertz CT molecular complexity index is 1370. The highest BCUT2D eigenvalue weighted by molar-refractivity contribution is 7.99. The molecule has 0 amide bonds. The molecule has 1 aromatic heterocycles. The van der Waals surface area contributed by atoms with E-state index in [1.807, 2.05) is 0 Å². The summed E-state index contributed by atoms with van der Waals surface area (Å²) in [6, 6.07) is 13.6. The number of hydrogen-bond acceptors (Lipinski definition) is 6. The lowest BCUT2D eigenvalue weighted by Crippen LogP contribution is -2.46. The summed E-state index contributed by atoms with van der Waals surface area (Å²) in [6.45, 7) is 8.76. The number of halogens is 1. The van der Waals surface area contributed by atoms with Crippen LogP contribution in [0.25, 0.3) is 4.85 Å². The molecule has 1 aliphatic heterocycles. The number of nitrogens with zero attached hydrogens (tertiary/aromatic N) is 4. The van der Waals surface area contributed by atoms with E-state index in [1.54, 1.807) is 29.8 Å². The Morgan fingerprint density at radius 3 is 2.65 bits per heavy atom. The van der Waals surface area contributed by atoms with Crippen molar-refractivity contribution in [1.82, 2.24) is 9.55 Å². The predicted octanol–water partition coefficient (Wildman–Crippen LogP) is 4.56. The first-order chi connectivity index (χ1) is 16.3. The molecule has 2 aliphatic rings. The summed E-state index contributed by atoms with van der Waals surface area (Å²) in [7, 11) is 1.72. The zero-order valence-corrected chi connectivity index (χ0v) is 20.4. The van der Waals surface area contributed by atoms with Crippen molar-refractivity contribution in [2.45, 2.75) is 35.1 Å². The fourth-order valence-corrected chi connectivity index (χ4v) is 6.42. The number of piperidine rings is 1. The summed E-state index contributed by atoms with van der Waals surface area (Å²) >= 11 is 7.48. The molecule has 174 valence electrons. The molecule has 3 aromatic rings. The summed E-state index contributed by atoms with van der Waals surface area (Å²) in [4.78, 5) is 24.3. The van der Waals surface area contributed by atoms with E-state index in [0.717, 1.165) is 44.1 Å². The van der Waals surface area contributed by atoms with Gasteiger partial charge in [0.2, 0.25) is 11.6 Å². The van der Waals surface area contributed by atoms with Crippen molar-refractivity contribution in [2.24, 2.45) is 18.2 Å². The lowest BCUT2D eigenvalue weighted by atomic mass is 9.73. The number of nitrogens with two attached hydrogens (primary N) is 2. The van der Waals surface area contributed by atoms with Crippen LogP contribution in [0.15, 0.2) is 57.1 Å². The number of anilines is 2. The smallest absolute Gasteiger partial charge is 0.270 e. The van der Waals surface area contributed by atoms with Crippen LogP contribution in [0.5, 0.6) is 0 Å². The van der Waals surface area contributed by atoms with Crippen LogP contribution >= 0.6 is 23.4 Å². The zero-order valence-electron chi connectivity index (χ0n) is 18.8. The van der Waals surface area contributed by atoms with Gasteiger partial charge in [0.15, 0.2) is 0 Å². The average Bonchev–Trinajstić information content (AvgIpc) is 3.12. The monoisotopic (exact) mass is 492 g/mol. The van der Waals surface area contributed by atoms with Gasteiger partial charge in [0.1, 0.15) is 10.7 Å². The van der Waals surface area contributed by atoms with Gasteiger partial charge in [0.05, 0.1) is 11.6 Å². The predicted molar refractivity (Wildman–Crippen MR) is 137 cm³/mol. The third-order valence-electron chi connectivity index (χ3n) is 7.16. The maximum absolute atomic E-state index is 13.2. The fraction of sp³-hybridized carbons (Fsp3) is 0.320. The maximum atomic E-state index is 13.2. The number of nitrogen functional groups attached to an aromatic ring is 1. The molecule has 1 spiro atoms. The van der Waals surface area contributed by atoms with E-state index in [4.69, 9.17) is 29.6 Å². The summed E-state index contributed by atoms with van der Waals surface area (Å²) in [6.07, 6.45) is 2.84. The van der Waals surface area contributed by atoms with Gasteiger partial charge in [-0.2, -0.15) is 4.98 Å². The van der Waals surface area contributed by atoms with Crippen LogP contribution in [-0.4, -0.2) is 22.6 Å². The van der Waals surface area contributed by atoms with E-state index in [0.29, 0.717) is 26.4 Å². The molecular formula is C25H25ClN6OS. The van der Waals surface area contributed by atoms with Gasteiger partial charge in [-0.05, 0) is 41.9 Å². The molecule has 5 rings (SSSR count). The maximum Gasteiger partial charge on any atom is 0.270 e. The van der Waals surface area contributed by atoms with Gasteiger partial charge in [-0.1, -0.05) is 59.8 Å². The number of hydrogen-bond donors (Lipinski definition) is 2. The molecule has 34 heavy (non-hydrogen) atoms. The third kappa shape index (κ3) is 3.65. The van der Waals surface area contributed by atoms with Crippen molar-refractivity contribution in [3.05, 3.63) is 80.4 Å². The van der Waals surface area contributed by atoms with Gasteiger partial charge in [-0.15, -0.1) is 0 Å². The number of benzene rings is 2. The Hall–Kier alpha value is -2.99. The summed E-state index contributed by atoms with van der Waals surface area (Å²) in [5, 5.41) is 0.309. The molecule has 4 N–H and O–H groups in total. The van der Waals surface area contributed by atoms with E-state index in [-0.39, 0.29) is 22.8 Å². The summed E-state index contributed by atoms with van der Waals surface area (Å²) in [5.41, 5.74) is 15.7. The van der Waals surface area contributed by atoms with Crippen LogP contribution in [0.3, 0.4) is 0 Å². The molecule has 0 bridgehead atoms.